The molecule has 0 atom stereocenters. The summed E-state index contributed by atoms with van der Waals surface area (Å²) in [4.78, 5) is 4.05. The van der Waals surface area contributed by atoms with E-state index in [1.807, 2.05) is 6.20 Å². The molecular weight excluding hydrogens is 160 g/mol. The Balaban J connectivity index is 2.64. The van der Waals surface area contributed by atoms with Crippen LogP contribution in [-0.2, 0) is 6.42 Å². The lowest BCUT2D eigenvalue weighted by Crippen LogP contribution is -1.92. The third-order valence-electron chi connectivity index (χ3n) is 2.03. The Morgan fingerprint density at radius 1 is 1.64 bits per heavy atom. The Bertz CT molecular complexity index is 267. The van der Waals surface area contributed by atoms with Crippen molar-refractivity contribution in [2.45, 2.75) is 13.3 Å². The van der Waals surface area contributed by atoms with E-state index in [2.05, 4.69) is 17.2 Å². The lowest BCUT2D eigenvalue weighted by atomic mass is 10.1. The Labute approximate surface area is 70.6 Å². The number of pyridine rings is 1. The summed E-state index contributed by atoms with van der Waals surface area (Å²) >= 11 is 5.87. The first-order chi connectivity index (χ1) is 5.29. The highest BCUT2D eigenvalue weighted by Crippen LogP contribution is 2.30. The number of aryl methyl sites for hydroxylation is 1. The molecule has 3 heteroatoms. The average Bonchev–Trinajstić information content (AvgIpc) is 2.45. The van der Waals surface area contributed by atoms with Gasteiger partial charge in [0, 0.05) is 12.7 Å². The zero-order valence-corrected chi connectivity index (χ0v) is 7.07. The van der Waals surface area contributed by atoms with Crippen LogP contribution in [-0.4, -0.2) is 11.5 Å². The van der Waals surface area contributed by atoms with Gasteiger partial charge >= 0.3 is 0 Å². The van der Waals surface area contributed by atoms with Gasteiger partial charge in [0.2, 0.25) is 0 Å². The SMILES string of the molecule is Cc1cnc(Cl)c2c1CCN2. The van der Waals surface area contributed by atoms with Gasteiger partial charge in [0.05, 0.1) is 5.69 Å². The van der Waals surface area contributed by atoms with Gasteiger partial charge in [-0.1, -0.05) is 11.6 Å². The van der Waals surface area contributed by atoms with Gasteiger partial charge in [-0.2, -0.15) is 0 Å². The molecule has 0 saturated heterocycles. The Kier molecular flexibility index (Phi) is 1.50. The van der Waals surface area contributed by atoms with Gasteiger partial charge in [-0.25, -0.2) is 4.98 Å². The minimum atomic E-state index is 0.600. The fraction of sp³-hybridized carbons (Fsp3) is 0.375. The summed E-state index contributed by atoms with van der Waals surface area (Å²) in [5.74, 6) is 0. The molecule has 0 bridgehead atoms. The molecule has 0 unspecified atom stereocenters. The smallest absolute Gasteiger partial charge is 0.152 e. The highest BCUT2D eigenvalue weighted by Gasteiger charge is 2.15. The molecule has 2 heterocycles. The molecule has 1 aromatic rings. The summed E-state index contributed by atoms with van der Waals surface area (Å²) in [6.07, 6.45) is 2.90. The second kappa shape index (κ2) is 2.38. The lowest BCUT2D eigenvalue weighted by molar-refractivity contribution is 1.09. The first-order valence-electron chi connectivity index (χ1n) is 3.67. The Hall–Kier alpha value is -0.760. The first-order valence-corrected chi connectivity index (χ1v) is 4.04. The molecule has 58 valence electrons. The fourth-order valence-corrected chi connectivity index (χ4v) is 1.66. The molecule has 0 aliphatic carbocycles. The number of hydrogen-bond acceptors (Lipinski definition) is 2. The molecule has 0 radical (unpaired) electrons. The van der Waals surface area contributed by atoms with Crippen molar-refractivity contribution in [3.8, 4) is 0 Å². The van der Waals surface area contributed by atoms with Crippen molar-refractivity contribution in [3.63, 3.8) is 0 Å². The van der Waals surface area contributed by atoms with Crippen LogP contribution >= 0.6 is 11.6 Å². The quantitative estimate of drug-likeness (QED) is 0.600. The highest BCUT2D eigenvalue weighted by atomic mass is 35.5. The molecule has 0 amide bonds. The van der Waals surface area contributed by atoms with Crippen LogP contribution in [0.5, 0.6) is 0 Å². The molecule has 1 aliphatic heterocycles. The van der Waals surface area contributed by atoms with E-state index in [9.17, 15) is 0 Å². The van der Waals surface area contributed by atoms with Crippen LogP contribution in [0.15, 0.2) is 6.20 Å². The van der Waals surface area contributed by atoms with Crippen LogP contribution in [0.25, 0.3) is 0 Å². The summed E-state index contributed by atoms with van der Waals surface area (Å²) in [7, 11) is 0. The summed E-state index contributed by atoms with van der Waals surface area (Å²) in [6.45, 7) is 3.05. The number of halogens is 1. The van der Waals surface area contributed by atoms with Crippen LogP contribution in [0.2, 0.25) is 5.15 Å². The molecule has 1 aliphatic rings. The van der Waals surface area contributed by atoms with Gasteiger partial charge in [0.1, 0.15) is 0 Å². The standard InChI is InChI=1S/C8H9ClN2/c1-5-4-11-8(9)7-6(5)2-3-10-7/h4,10H,2-3H2,1H3. The summed E-state index contributed by atoms with van der Waals surface area (Å²) in [5.41, 5.74) is 3.59. The van der Waals surface area contributed by atoms with E-state index in [-0.39, 0.29) is 0 Å². The van der Waals surface area contributed by atoms with Crippen molar-refractivity contribution in [3.05, 3.63) is 22.5 Å². The second-order valence-electron chi connectivity index (χ2n) is 2.76. The molecule has 2 nitrogen and oxygen atoms in total. The maximum Gasteiger partial charge on any atom is 0.152 e. The number of anilines is 1. The van der Waals surface area contributed by atoms with Crippen molar-refractivity contribution in [2.75, 3.05) is 11.9 Å². The van der Waals surface area contributed by atoms with Gasteiger partial charge in [0.15, 0.2) is 5.15 Å². The molecule has 0 aromatic carbocycles. The number of aromatic nitrogens is 1. The minimum absolute atomic E-state index is 0.600. The topological polar surface area (TPSA) is 24.9 Å². The van der Waals surface area contributed by atoms with Crippen molar-refractivity contribution >= 4 is 17.3 Å². The third kappa shape index (κ3) is 0.979. The maximum absolute atomic E-state index is 5.87. The lowest BCUT2D eigenvalue weighted by Gasteiger charge is -2.03. The summed E-state index contributed by atoms with van der Waals surface area (Å²) in [6, 6.07) is 0. The number of nitrogens with one attached hydrogen (secondary N) is 1. The monoisotopic (exact) mass is 168 g/mol. The Morgan fingerprint density at radius 2 is 2.45 bits per heavy atom. The van der Waals surface area contributed by atoms with Gasteiger partial charge in [-0.3, -0.25) is 0 Å². The first kappa shape index (κ1) is 6.92. The second-order valence-corrected chi connectivity index (χ2v) is 3.12. The van der Waals surface area contributed by atoms with E-state index in [1.165, 1.54) is 11.1 Å². The number of hydrogen-bond donors (Lipinski definition) is 1. The molecule has 0 fully saturated rings. The van der Waals surface area contributed by atoms with E-state index in [1.54, 1.807) is 0 Å². The van der Waals surface area contributed by atoms with Crippen molar-refractivity contribution in [1.82, 2.24) is 4.98 Å². The van der Waals surface area contributed by atoms with Crippen LogP contribution in [0, 0.1) is 6.92 Å². The van der Waals surface area contributed by atoms with Crippen LogP contribution in [0.4, 0.5) is 5.69 Å². The molecule has 1 N–H and O–H groups in total. The zero-order valence-electron chi connectivity index (χ0n) is 6.32. The van der Waals surface area contributed by atoms with E-state index in [4.69, 9.17) is 11.6 Å². The summed E-state index contributed by atoms with van der Waals surface area (Å²) < 4.78 is 0. The molecule has 0 saturated carbocycles. The predicted octanol–water partition coefficient (Wildman–Crippen LogP) is 2.01. The van der Waals surface area contributed by atoms with Gasteiger partial charge in [-0.15, -0.1) is 0 Å². The van der Waals surface area contributed by atoms with Crippen LogP contribution in [0.3, 0.4) is 0 Å². The van der Waals surface area contributed by atoms with Gasteiger partial charge < -0.3 is 5.32 Å². The van der Waals surface area contributed by atoms with E-state index < -0.39 is 0 Å². The van der Waals surface area contributed by atoms with Crippen LogP contribution < -0.4 is 5.32 Å². The van der Waals surface area contributed by atoms with Gasteiger partial charge in [-0.05, 0) is 24.5 Å². The molecule has 2 rings (SSSR count). The Morgan fingerprint density at radius 3 is 3.18 bits per heavy atom. The van der Waals surface area contributed by atoms with E-state index >= 15 is 0 Å². The van der Waals surface area contributed by atoms with Gasteiger partial charge in [0.25, 0.3) is 0 Å². The highest BCUT2D eigenvalue weighted by molar-refractivity contribution is 6.32. The van der Waals surface area contributed by atoms with Crippen molar-refractivity contribution < 1.29 is 0 Å². The normalized spacial score (nSPS) is 14.4. The van der Waals surface area contributed by atoms with E-state index in [0.717, 1.165) is 18.7 Å². The minimum Gasteiger partial charge on any atom is -0.382 e. The van der Waals surface area contributed by atoms with E-state index in [0.29, 0.717) is 5.15 Å². The fourth-order valence-electron chi connectivity index (χ4n) is 1.43. The molecule has 11 heavy (non-hydrogen) atoms. The number of rotatable bonds is 0. The number of nitrogens with zero attached hydrogens (tertiary/aromatic N) is 1. The average molecular weight is 169 g/mol. The predicted molar refractivity (Wildman–Crippen MR) is 46.2 cm³/mol. The molecular formula is C8H9ClN2. The molecule has 1 aromatic heterocycles. The van der Waals surface area contributed by atoms with Crippen LogP contribution in [0.1, 0.15) is 11.1 Å². The summed E-state index contributed by atoms with van der Waals surface area (Å²) in [5, 5.41) is 3.81. The maximum atomic E-state index is 5.87. The van der Waals surface area contributed by atoms with Crippen molar-refractivity contribution in [2.24, 2.45) is 0 Å². The zero-order chi connectivity index (χ0) is 7.84. The third-order valence-corrected chi connectivity index (χ3v) is 2.32. The number of fused-ring (bicyclic) bond motifs is 1. The molecule has 0 spiro atoms. The van der Waals surface area contributed by atoms with Crippen molar-refractivity contribution in [1.29, 1.82) is 0 Å². The largest absolute Gasteiger partial charge is 0.382 e.